The van der Waals surface area contributed by atoms with Gasteiger partial charge in [-0.1, -0.05) is 12.1 Å². The van der Waals surface area contributed by atoms with E-state index in [9.17, 15) is 9.59 Å². The Kier molecular flexibility index (Phi) is 5.35. The third kappa shape index (κ3) is 4.06. The van der Waals surface area contributed by atoms with Crippen LogP contribution in [0.25, 0.3) is 0 Å². The quantitative estimate of drug-likeness (QED) is 0.861. The molecule has 1 atom stereocenters. The van der Waals surface area contributed by atoms with Crippen LogP contribution in [0, 0.1) is 0 Å². The normalized spacial score (nSPS) is 21.6. The largest absolute Gasteiger partial charge is 0.497 e. The van der Waals surface area contributed by atoms with Gasteiger partial charge in [0.05, 0.1) is 20.2 Å². The third-order valence-corrected chi connectivity index (χ3v) is 4.86. The second kappa shape index (κ2) is 7.66. The van der Waals surface area contributed by atoms with E-state index in [0.717, 1.165) is 31.6 Å². The van der Waals surface area contributed by atoms with E-state index < -0.39 is 0 Å². The molecule has 2 aliphatic heterocycles. The van der Waals surface area contributed by atoms with Gasteiger partial charge in [-0.15, -0.1) is 0 Å². The van der Waals surface area contributed by atoms with Gasteiger partial charge in [-0.25, -0.2) is 0 Å². The number of rotatable bonds is 5. The van der Waals surface area contributed by atoms with Crippen LogP contribution in [-0.2, 0) is 16.0 Å². The monoisotopic (exact) mass is 331 g/mol. The molecule has 0 spiro atoms. The molecule has 2 saturated heterocycles. The zero-order valence-electron chi connectivity index (χ0n) is 14.2. The highest BCUT2D eigenvalue weighted by atomic mass is 16.5. The van der Waals surface area contributed by atoms with Gasteiger partial charge < -0.3 is 15.0 Å². The summed E-state index contributed by atoms with van der Waals surface area (Å²) >= 11 is 0. The number of likely N-dealkylation sites (tertiary alicyclic amines) is 1. The minimum atomic E-state index is -0.0641. The number of carbonyl (C=O) groups excluding carboxylic acids is 2. The molecule has 6 heteroatoms. The Morgan fingerprint density at radius 3 is 2.79 bits per heavy atom. The number of piperazine rings is 1. The SMILES string of the molecule is COc1ccc(C[C@@H]2CCCN2CC(=O)N2CCNC(=O)C2)cc1. The first-order valence-corrected chi connectivity index (χ1v) is 8.57. The standard InChI is InChI=1S/C18H25N3O3/c1-24-16-6-4-14(5-7-16)11-15-3-2-9-20(15)13-18(23)21-10-8-19-17(22)12-21/h4-7,15H,2-3,8-13H2,1H3,(H,19,22)/t15-/m0/s1. The predicted octanol–water partition coefficient (Wildman–Crippen LogP) is 0.661. The van der Waals surface area contributed by atoms with Crippen molar-refractivity contribution in [2.75, 3.05) is 39.8 Å². The molecule has 2 amide bonds. The lowest BCUT2D eigenvalue weighted by Gasteiger charge is -2.30. The fraction of sp³-hybridized carbons (Fsp3) is 0.556. The van der Waals surface area contributed by atoms with Crippen molar-refractivity contribution >= 4 is 11.8 Å². The molecule has 3 rings (SSSR count). The van der Waals surface area contributed by atoms with Crippen LogP contribution >= 0.6 is 0 Å². The van der Waals surface area contributed by atoms with Crippen LogP contribution < -0.4 is 10.1 Å². The summed E-state index contributed by atoms with van der Waals surface area (Å²) in [7, 11) is 1.67. The molecule has 6 nitrogen and oxygen atoms in total. The van der Waals surface area contributed by atoms with Gasteiger partial charge in [-0.3, -0.25) is 14.5 Å². The van der Waals surface area contributed by atoms with E-state index >= 15 is 0 Å². The molecule has 130 valence electrons. The van der Waals surface area contributed by atoms with Crippen LogP contribution in [0.4, 0.5) is 0 Å². The lowest BCUT2D eigenvalue weighted by atomic mass is 10.0. The van der Waals surface area contributed by atoms with E-state index in [0.29, 0.717) is 25.7 Å². The Morgan fingerprint density at radius 1 is 1.29 bits per heavy atom. The van der Waals surface area contributed by atoms with Gasteiger partial charge in [0.1, 0.15) is 5.75 Å². The van der Waals surface area contributed by atoms with E-state index in [4.69, 9.17) is 4.74 Å². The summed E-state index contributed by atoms with van der Waals surface area (Å²) in [5.41, 5.74) is 1.26. The van der Waals surface area contributed by atoms with E-state index in [-0.39, 0.29) is 18.4 Å². The van der Waals surface area contributed by atoms with E-state index in [1.54, 1.807) is 12.0 Å². The minimum Gasteiger partial charge on any atom is -0.497 e. The van der Waals surface area contributed by atoms with Gasteiger partial charge in [0, 0.05) is 19.1 Å². The Morgan fingerprint density at radius 2 is 2.08 bits per heavy atom. The fourth-order valence-electron chi connectivity index (χ4n) is 3.49. The molecular formula is C18H25N3O3. The number of benzene rings is 1. The average Bonchev–Trinajstić information content (AvgIpc) is 3.02. The van der Waals surface area contributed by atoms with Crippen molar-refractivity contribution in [2.45, 2.75) is 25.3 Å². The first-order chi connectivity index (χ1) is 11.7. The zero-order chi connectivity index (χ0) is 16.9. The van der Waals surface area contributed by atoms with Crippen molar-refractivity contribution < 1.29 is 14.3 Å². The van der Waals surface area contributed by atoms with Crippen molar-refractivity contribution in [1.29, 1.82) is 0 Å². The molecule has 2 fully saturated rings. The van der Waals surface area contributed by atoms with Crippen molar-refractivity contribution in [3.63, 3.8) is 0 Å². The second-order valence-corrected chi connectivity index (χ2v) is 6.48. The molecule has 1 aromatic rings. The van der Waals surface area contributed by atoms with Crippen LogP contribution in [0.1, 0.15) is 18.4 Å². The Balaban J connectivity index is 1.56. The fourth-order valence-corrected chi connectivity index (χ4v) is 3.49. The number of hydrogen-bond donors (Lipinski definition) is 1. The molecule has 1 aromatic carbocycles. The summed E-state index contributed by atoms with van der Waals surface area (Å²) in [5.74, 6) is 0.859. The number of carbonyl (C=O) groups is 2. The average molecular weight is 331 g/mol. The predicted molar refractivity (Wildman–Crippen MR) is 90.9 cm³/mol. The number of ether oxygens (including phenoxy) is 1. The molecule has 2 aliphatic rings. The molecule has 1 N–H and O–H groups in total. The van der Waals surface area contributed by atoms with Crippen molar-refractivity contribution in [1.82, 2.24) is 15.1 Å². The number of hydrogen-bond acceptors (Lipinski definition) is 4. The molecule has 24 heavy (non-hydrogen) atoms. The maximum absolute atomic E-state index is 12.5. The van der Waals surface area contributed by atoms with Crippen molar-refractivity contribution in [3.05, 3.63) is 29.8 Å². The Labute approximate surface area is 142 Å². The summed E-state index contributed by atoms with van der Waals surface area (Å²) in [5, 5.41) is 2.75. The Bertz CT molecular complexity index is 588. The smallest absolute Gasteiger partial charge is 0.239 e. The lowest BCUT2D eigenvalue weighted by molar-refractivity contribution is -0.139. The van der Waals surface area contributed by atoms with Gasteiger partial charge in [0.2, 0.25) is 11.8 Å². The summed E-state index contributed by atoms with van der Waals surface area (Å²) < 4.78 is 5.20. The number of nitrogens with one attached hydrogen (secondary N) is 1. The summed E-state index contributed by atoms with van der Waals surface area (Å²) in [6, 6.07) is 8.53. The molecule has 0 bridgehead atoms. The van der Waals surface area contributed by atoms with Crippen LogP contribution in [0.2, 0.25) is 0 Å². The van der Waals surface area contributed by atoms with Crippen LogP contribution in [0.5, 0.6) is 5.75 Å². The van der Waals surface area contributed by atoms with Gasteiger partial charge in [0.15, 0.2) is 0 Å². The van der Waals surface area contributed by atoms with Crippen LogP contribution in [0.15, 0.2) is 24.3 Å². The number of amides is 2. The zero-order valence-corrected chi connectivity index (χ0v) is 14.2. The first kappa shape index (κ1) is 16.8. The maximum atomic E-state index is 12.5. The minimum absolute atomic E-state index is 0.0616. The molecule has 0 unspecified atom stereocenters. The van der Waals surface area contributed by atoms with Crippen LogP contribution in [0.3, 0.4) is 0 Å². The van der Waals surface area contributed by atoms with Crippen molar-refractivity contribution in [3.8, 4) is 5.75 Å². The maximum Gasteiger partial charge on any atom is 0.239 e. The molecule has 0 radical (unpaired) electrons. The highest BCUT2D eigenvalue weighted by molar-refractivity contribution is 5.86. The first-order valence-electron chi connectivity index (χ1n) is 8.57. The molecule has 0 aromatic heterocycles. The van der Waals surface area contributed by atoms with E-state index in [1.807, 2.05) is 12.1 Å². The molecule has 0 aliphatic carbocycles. The Hall–Kier alpha value is -2.08. The summed E-state index contributed by atoms with van der Waals surface area (Å²) in [6.07, 6.45) is 3.17. The number of methoxy groups -OCH3 is 1. The van der Waals surface area contributed by atoms with Crippen molar-refractivity contribution in [2.24, 2.45) is 0 Å². The van der Waals surface area contributed by atoms with E-state index in [2.05, 4.69) is 22.3 Å². The van der Waals surface area contributed by atoms with Gasteiger partial charge in [-0.2, -0.15) is 0 Å². The van der Waals surface area contributed by atoms with Gasteiger partial charge in [-0.05, 0) is 43.5 Å². The third-order valence-electron chi connectivity index (χ3n) is 4.86. The summed E-state index contributed by atoms with van der Waals surface area (Å²) in [4.78, 5) is 27.8. The topological polar surface area (TPSA) is 61.9 Å². The summed E-state index contributed by atoms with van der Waals surface area (Å²) in [6.45, 7) is 2.72. The van der Waals surface area contributed by atoms with Gasteiger partial charge >= 0.3 is 0 Å². The van der Waals surface area contributed by atoms with Crippen LogP contribution in [-0.4, -0.2) is 67.5 Å². The molecular weight excluding hydrogens is 306 g/mol. The highest BCUT2D eigenvalue weighted by Crippen LogP contribution is 2.22. The lowest BCUT2D eigenvalue weighted by Crippen LogP contribution is -2.52. The van der Waals surface area contributed by atoms with E-state index in [1.165, 1.54) is 5.56 Å². The highest BCUT2D eigenvalue weighted by Gasteiger charge is 2.29. The molecule has 2 heterocycles. The second-order valence-electron chi connectivity index (χ2n) is 6.48. The van der Waals surface area contributed by atoms with Gasteiger partial charge in [0.25, 0.3) is 0 Å². The number of nitrogens with zero attached hydrogens (tertiary/aromatic N) is 2. The molecule has 0 saturated carbocycles.